The van der Waals surface area contributed by atoms with Gasteiger partial charge >= 0.3 is 0 Å². The molecule has 1 heterocycles. The molecule has 0 aromatic heterocycles. The average Bonchev–Trinajstić information content (AvgIpc) is 2.81. The lowest BCUT2D eigenvalue weighted by atomic mass is 10.1. The Balaban J connectivity index is 1.69. The van der Waals surface area contributed by atoms with Crippen LogP contribution in [0.2, 0.25) is 0 Å². The number of anilines is 1. The molecule has 1 aliphatic rings. The Morgan fingerprint density at radius 1 is 1.21 bits per heavy atom. The Labute approximate surface area is 198 Å². The molecular formula is C22H28N4O7S. The number of morpholine rings is 1. The van der Waals surface area contributed by atoms with E-state index in [9.17, 15) is 23.3 Å². The van der Waals surface area contributed by atoms with Crippen molar-refractivity contribution in [2.24, 2.45) is 0 Å². The van der Waals surface area contributed by atoms with Crippen LogP contribution >= 0.6 is 0 Å². The van der Waals surface area contributed by atoms with E-state index in [4.69, 9.17) is 9.47 Å². The van der Waals surface area contributed by atoms with Crippen molar-refractivity contribution in [2.75, 3.05) is 50.5 Å². The summed E-state index contributed by atoms with van der Waals surface area (Å²) >= 11 is 0. The number of nitrogens with zero attached hydrogens (tertiary/aromatic N) is 3. The summed E-state index contributed by atoms with van der Waals surface area (Å²) < 4.78 is 36.2. The quantitative estimate of drug-likeness (QED) is 0.390. The number of hydrogen-bond donors (Lipinski definition) is 1. The number of hydrogen-bond acceptors (Lipinski definition) is 8. The summed E-state index contributed by atoms with van der Waals surface area (Å²) in [4.78, 5) is 25.5. The first kappa shape index (κ1) is 25.4. The molecule has 1 fully saturated rings. The molecule has 2 aromatic carbocycles. The molecule has 0 radical (unpaired) electrons. The molecule has 1 N–H and O–H groups in total. The van der Waals surface area contributed by atoms with E-state index in [2.05, 4.69) is 10.2 Å². The van der Waals surface area contributed by atoms with Crippen molar-refractivity contribution in [1.82, 2.24) is 10.2 Å². The molecule has 3 rings (SSSR count). The SMILES string of the molecule is COc1ccc([N+](=O)[O-])cc1N(CC(=O)NCc1cccc(CN2CCOCC2)c1)S(C)(=O)=O. The fourth-order valence-electron chi connectivity index (χ4n) is 3.61. The van der Waals surface area contributed by atoms with Crippen LogP contribution in [0, 0.1) is 10.1 Å². The van der Waals surface area contributed by atoms with Crippen LogP contribution in [0.1, 0.15) is 11.1 Å². The Bertz CT molecular complexity index is 1130. The van der Waals surface area contributed by atoms with E-state index in [-0.39, 0.29) is 23.7 Å². The predicted molar refractivity (Wildman–Crippen MR) is 126 cm³/mol. The minimum absolute atomic E-state index is 0.0816. The van der Waals surface area contributed by atoms with Gasteiger partial charge in [0.15, 0.2) is 0 Å². The lowest BCUT2D eigenvalue weighted by Crippen LogP contribution is -2.40. The Morgan fingerprint density at radius 3 is 2.56 bits per heavy atom. The molecule has 1 saturated heterocycles. The molecule has 11 nitrogen and oxygen atoms in total. The van der Waals surface area contributed by atoms with Crippen LogP contribution < -0.4 is 14.4 Å². The van der Waals surface area contributed by atoms with Crippen molar-refractivity contribution < 1.29 is 27.6 Å². The van der Waals surface area contributed by atoms with Crippen molar-refractivity contribution in [3.63, 3.8) is 0 Å². The number of nitro benzene ring substituents is 1. The van der Waals surface area contributed by atoms with Crippen molar-refractivity contribution in [3.05, 3.63) is 63.7 Å². The standard InChI is InChI=1S/C22H28N4O7S/c1-32-21-7-6-19(26(28)29)13-20(21)25(34(2,30)31)16-22(27)23-14-17-4-3-5-18(12-17)15-24-8-10-33-11-9-24/h3-7,12-13H,8-11,14-16H2,1-2H3,(H,23,27). The number of benzene rings is 2. The van der Waals surface area contributed by atoms with E-state index in [1.807, 2.05) is 24.3 Å². The third-order valence-electron chi connectivity index (χ3n) is 5.32. The first-order chi connectivity index (χ1) is 16.2. The molecule has 12 heteroatoms. The second-order valence-corrected chi connectivity index (χ2v) is 9.77. The molecule has 1 aliphatic heterocycles. The third-order valence-corrected chi connectivity index (χ3v) is 6.45. The van der Waals surface area contributed by atoms with Crippen LogP contribution in [0.15, 0.2) is 42.5 Å². The van der Waals surface area contributed by atoms with Crippen molar-refractivity contribution >= 4 is 27.3 Å². The highest BCUT2D eigenvalue weighted by molar-refractivity contribution is 7.92. The van der Waals surface area contributed by atoms with Gasteiger partial charge in [0.1, 0.15) is 18.0 Å². The van der Waals surface area contributed by atoms with Gasteiger partial charge in [-0.15, -0.1) is 0 Å². The lowest BCUT2D eigenvalue weighted by Gasteiger charge is -2.26. The highest BCUT2D eigenvalue weighted by Gasteiger charge is 2.26. The van der Waals surface area contributed by atoms with Crippen molar-refractivity contribution in [2.45, 2.75) is 13.1 Å². The maximum Gasteiger partial charge on any atom is 0.271 e. The van der Waals surface area contributed by atoms with Crippen molar-refractivity contribution in [3.8, 4) is 5.75 Å². The van der Waals surface area contributed by atoms with E-state index in [1.165, 1.54) is 19.2 Å². The summed E-state index contributed by atoms with van der Waals surface area (Å²) in [5.41, 5.74) is 1.58. The minimum Gasteiger partial charge on any atom is -0.495 e. The zero-order chi connectivity index (χ0) is 24.7. The van der Waals surface area contributed by atoms with Crippen LogP contribution in [0.3, 0.4) is 0 Å². The molecule has 34 heavy (non-hydrogen) atoms. The highest BCUT2D eigenvalue weighted by Crippen LogP contribution is 2.33. The summed E-state index contributed by atoms with van der Waals surface area (Å²) in [6.07, 6.45) is 0.924. The van der Waals surface area contributed by atoms with Crippen LogP contribution in [0.5, 0.6) is 5.75 Å². The van der Waals surface area contributed by atoms with Gasteiger partial charge in [-0.3, -0.25) is 24.1 Å². The zero-order valence-corrected chi connectivity index (χ0v) is 19.9. The van der Waals surface area contributed by atoms with Crippen LogP contribution in [0.25, 0.3) is 0 Å². The number of non-ortho nitro benzene ring substituents is 1. The molecule has 0 bridgehead atoms. The molecule has 0 saturated carbocycles. The van der Waals surface area contributed by atoms with E-state index in [1.54, 1.807) is 0 Å². The normalized spacial score (nSPS) is 14.4. The van der Waals surface area contributed by atoms with E-state index >= 15 is 0 Å². The van der Waals surface area contributed by atoms with Gasteiger partial charge in [0.05, 0.1) is 31.5 Å². The van der Waals surface area contributed by atoms with Crippen LogP contribution in [-0.4, -0.2) is 70.4 Å². The molecule has 0 aliphatic carbocycles. The molecule has 1 amide bonds. The van der Waals surface area contributed by atoms with Gasteiger partial charge in [-0.25, -0.2) is 8.42 Å². The van der Waals surface area contributed by atoms with Crippen LogP contribution in [0.4, 0.5) is 11.4 Å². The molecule has 0 atom stereocenters. The number of carbonyl (C=O) groups is 1. The number of rotatable bonds is 10. The third kappa shape index (κ3) is 6.89. The largest absolute Gasteiger partial charge is 0.495 e. The summed E-state index contributed by atoms with van der Waals surface area (Å²) in [7, 11) is -2.63. The minimum atomic E-state index is -3.94. The summed E-state index contributed by atoms with van der Waals surface area (Å²) in [5, 5.41) is 13.9. The first-order valence-corrected chi connectivity index (χ1v) is 12.5. The summed E-state index contributed by atoms with van der Waals surface area (Å²) in [6, 6.07) is 11.4. The molecule has 2 aromatic rings. The average molecular weight is 493 g/mol. The van der Waals surface area contributed by atoms with E-state index in [0.29, 0.717) is 13.2 Å². The fourth-order valence-corrected chi connectivity index (χ4v) is 4.46. The highest BCUT2D eigenvalue weighted by atomic mass is 32.2. The second kappa shape index (κ2) is 11.3. The van der Waals surface area contributed by atoms with Gasteiger partial charge in [-0.2, -0.15) is 0 Å². The predicted octanol–water partition coefficient (Wildman–Crippen LogP) is 1.52. The zero-order valence-electron chi connectivity index (χ0n) is 19.1. The Hall–Kier alpha value is -3.22. The summed E-state index contributed by atoms with van der Waals surface area (Å²) in [5.74, 6) is -0.461. The number of methoxy groups -OCH3 is 1. The topological polar surface area (TPSA) is 131 Å². The van der Waals surface area contributed by atoms with Gasteiger partial charge < -0.3 is 14.8 Å². The monoisotopic (exact) mass is 492 g/mol. The Morgan fingerprint density at radius 2 is 1.91 bits per heavy atom. The van der Waals surface area contributed by atoms with Crippen LogP contribution in [-0.2, 0) is 32.6 Å². The molecule has 0 spiro atoms. The number of nitrogens with one attached hydrogen (secondary N) is 1. The molecule has 184 valence electrons. The second-order valence-electron chi connectivity index (χ2n) is 7.87. The summed E-state index contributed by atoms with van der Waals surface area (Å²) in [6.45, 7) is 3.58. The maximum atomic E-state index is 12.7. The van der Waals surface area contributed by atoms with E-state index in [0.717, 1.165) is 47.4 Å². The van der Waals surface area contributed by atoms with Gasteiger partial charge in [0.2, 0.25) is 15.9 Å². The number of nitro groups is 1. The fraction of sp³-hybridized carbons (Fsp3) is 0.409. The number of sulfonamides is 1. The lowest BCUT2D eigenvalue weighted by molar-refractivity contribution is -0.384. The molecule has 0 unspecified atom stereocenters. The number of carbonyl (C=O) groups excluding carboxylic acids is 1. The van der Waals surface area contributed by atoms with Crippen molar-refractivity contribution in [1.29, 1.82) is 0 Å². The van der Waals surface area contributed by atoms with Gasteiger partial charge in [-0.1, -0.05) is 24.3 Å². The maximum absolute atomic E-state index is 12.7. The van der Waals surface area contributed by atoms with E-state index < -0.39 is 27.4 Å². The molecular weight excluding hydrogens is 464 g/mol. The Kier molecular flexibility index (Phi) is 8.42. The number of ether oxygens (including phenoxy) is 2. The number of amides is 1. The first-order valence-electron chi connectivity index (χ1n) is 10.6. The smallest absolute Gasteiger partial charge is 0.271 e. The van der Waals surface area contributed by atoms with Gasteiger partial charge in [-0.05, 0) is 17.2 Å². The van der Waals surface area contributed by atoms with Gasteiger partial charge in [0.25, 0.3) is 5.69 Å². The van der Waals surface area contributed by atoms with Gasteiger partial charge in [0, 0.05) is 38.3 Å².